The Morgan fingerprint density at radius 1 is 1.00 bits per heavy atom. The number of phenolic OH excluding ortho intramolecular Hbond substituents is 1. The van der Waals surface area contributed by atoms with Gasteiger partial charge in [0.25, 0.3) is 5.91 Å². The number of amides is 2. The molecule has 3 N–H and O–H groups in total. The fourth-order valence-electron chi connectivity index (χ4n) is 2.08. The highest BCUT2D eigenvalue weighted by Gasteiger charge is 2.29. The molecule has 23 heavy (non-hydrogen) atoms. The van der Waals surface area contributed by atoms with Crippen molar-refractivity contribution in [1.29, 1.82) is 0 Å². The van der Waals surface area contributed by atoms with E-state index >= 15 is 0 Å². The van der Waals surface area contributed by atoms with E-state index in [0.29, 0.717) is 16.9 Å². The molecule has 3 rings (SSSR count). The van der Waals surface area contributed by atoms with E-state index in [1.54, 1.807) is 24.3 Å². The average molecular weight is 331 g/mol. The zero-order chi connectivity index (χ0) is 16.4. The SMILES string of the molecule is O=C(Nc1ccc(NC(=O)C2CC2)cc1)c1ccc(O)c(Cl)c1. The van der Waals surface area contributed by atoms with E-state index in [-0.39, 0.29) is 28.5 Å². The number of carbonyl (C=O) groups excluding carboxylic acids is 2. The van der Waals surface area contributed by atoms with Crippen LogP contribution in [0.1, 0.15) is 23.2 Å². The van der Waals surface area contributed by atoms with Gasteiger partial charge in [-0.15, -0.1) is 0 Å². The Balaban J connectivity index is 1.63. The van der Waals surface area contributed by atoms with Crippen LogP contribution in [-0.2, 0) is 4.79 Å². The van der Waals surface area contributed by atoms with E-state index in [2.05, 4.69) is 10.6 Å². The smallest absolute Gasteiger partial charge is 0.255 e. The molecule has 0 aromatic heterocycles. The van der Waals surface area contributed by atoms with Gasteiger partial charge in [0.15, 0.2) is 0 Å². The van der Waals surface area contributed by atoms with Crippen LogP contribution in [0.15, 0.2) is 42.5 Å². The van der Waals surface area contributed by atoms with Crippen LogP contribution in [0.2, 0.25) is 5.02 Å². The topological polar surface area (TPSA) is 78.4 Å². The van der Waals surface area contributed by atoms with Gasteiger partial charge in [-0.05, 0) is 55.3 Å². The molecule has 1 saturated carbocycles. The molecule has 0 unspecified atom stereocenters. The van der Waals surface area contributed by atoms with Crippen LogP contribution in [0.25, 0.3) is 0 Å². The van der Waals surface area contributed by atoms with Crippen molar-refractivity contribution in [2.24, 2.45) is 5.92 Å². The normalized spacial score (nSPS) is 13.4. The molecule has 0 heterocycles. The fourth-order valence-corrected chi connectivity index (χ4v) is 2.26. The second-order valence-electron chi connectivity index (χ2n) is 5.46. The van der Waals surface area contributed by atoms with E-state index in [4.69, 9.17) is 11.6 Å². The van der Waals surface area contributed by atoms with Crippen LogP contribution in [0.3, 0.4) is 0 Å². The first-order valence-corrected chi connectivity index (χ1v) is 7.61. The molecule has 6 heteroatoms. The molecule has 2 aromatic carbocycles. The summed E-state index contributed by atoms with van der Waals surface area (Å²) in [4.78, 5) is 23.8. The summed E-state index contributed by atoms with van der Waals surface area (Å²) in [6.45, 7) is 0. The molecule has 0 atom stereocenters. The van der Waals surface area contributed by atoms with Gasteiger partial charge in [0.05, 0.1) is 5.02 Å². The van der Waals surface area contributed by atoms with E-state index < -0.39 is 0 Å². The largest absolute Gasteiger partial charge is 0.506 e. The number of anilines is 2. The lowest BCUT2D eigenvalue weighted by atomic mass is 10.2. The summed E-state index contributed by atoms with van der Waals surface area (Å²) in [5.74, 6) is -0.213. The summed E-state index contributed by atoms with van der Waals surface area (Å²) in [5, 5.41) is 15.0. The summed E-state index contributed by atoms with van der Waals surface area (Å²) in [7, 11) is 0. The molecule has 1 aliphatic carbocycles. The predicted octanol–water partition coefficient (Wildman–Crippen LogP) is 3.65. The molecular formula is C17H15ClN2O3. The third-order valence-corrected chi connectivity index (χ3v) is 3.87. The average Bonchev–Trinajstić information content (AvgIpc) is 3.36. The number of carbonyl (C=O) groups is 2. The van der Waals surface area contributed by atoms with Gasteiger partial charge in [-0.3, -0.25) is 9.59 Å². The van der Waals surface area contributed by atoms with Crippen molar-refractivity contribution in [1.82, 2.24) is 0 Å². The van der Waals surface area contributed by atoms with Crippen LogP contribution in [0, 0.1) is 5.92 Å². The number of rotatable bonds is 4. The summed E-state index contributed by atoms with van der Waals surface area (Å²) in [6.07, 6.45) is 1.91. The lowest BCUT2D eigenvalue weighted by Gasteiger charge is -2.08. The Labute approximate surface area is 138 Å². The van der Waals surface area contributed by atoms with Crippen molar-refractivity contribution >= 4 is 34.8 Å². The number of aromatic hydroxyl groups is 1. The van der Waals surface area contributed by atoms with Crippen molar-refractivity contribution in [3.63, 3.8) is 0 Å². The van der Waals surface area contributed by atoms with E-state index in [0.717, 1.165) is 12.8 Å². The first-order chi connectivity index (χ1) is 11.0. The lowest BCUT2D eigenvalue weighted by Crippen LogP contribution is -2.14. The molecule has 0 bridgehead atoms. The third-order valence-electron chi connectivity index (χ3n) is 3.57. The number of hydrogen-bond donors (Lipinski definition) is 3. The number of benzene rings is 2. The summed E-state index contributed by atoms with van der Waals surface area (Å²) >= 11 is 5.79. The van der Waals surface area contributed by atoms with Gasteiger partial charge in [0.2, 0.25) is 5.91 Å². The number of halogens is 1. The molecule has 2 aromatic rings. The quantitative estimate of drug-likeness (QED) is 0.800. The maximum atomic E-state index is 12.1. The molecule has 0 saturated heterocycles. The van der Waals surface area contributed by atoms with E-state index in [1.807, 2.05) is 0 Å². The van der Waals surface area contributed by atoms with E-state index in [1.165, 1.54) is 18.2 Å². The maximum absolute atomic E-state index is 12.1. The van der Waals surface area contributed by atoms with Gasteiger partial charge >= 0.3 is 0 Å². The molecular weight excluding hydrogens is 316 g/mol. The number of phenols is 1. The Morgan fingerprint density at radius 2 is 1.61 bits per heavy atom. The lowest BCUT2D eigenvalue weighted by molar-refractivity contribution is -0.117. The van der Waals surface area contributed by atoms with Crippen molar-refractivity contribution in [3.05, 3.63) is 53.1 Å². The molecule has 0 spiro atoms. The highest BCUT2D eigenvalue weighted by atomic mass is 35.5. The van der Waals surface area contributed by atoms with Gasteiger partial charge < -0.3 is 15.7 Å². The number of hydrogen-bond acceptors (Lipinski definition) is 3. The van der Waals surface area contributed by atoms with Crippen molar-refractivity contribution in [2.45, 2.75) is 12.8 Å². The first kappa shape index (κ1) is 15.4. The van der Waals surface area contributed by atoms with Crippen molar-refractivity contribution in [3.8, 4) is 5.75 Å². The molecule has 0 radical (unpaired) electrons. The molecule has 1 aliphatic rings. The monoisotopic (exact) mass is 330 g/mol. The minimum atomic E-state index is -0.332. The van der Waals surface area contributed by atoms with Gasteiger partial charge in [0, 0.05) is 22.9 Å². The molecule has 0 aliphatic heterocycles. The van der Waals surface area contributed by atoms with Crippen LogP contribution >= 0.6 is 11.6 Å². The van der Waals surface area contributed by atoms with Gasteiger partial charge in [-0.2, -0.15) is 0 Å². The highest BCUT2D eigenvalue weighted by Crippen LogP contribution is 2.30. The molecule has 118 valence electrons. The van der Waals surface area contributed by atoms with Crippen LogP contribution in [0.4, 0.5) is 11.4 Å². The highest BCUT2D eigenvalue weighted by molar-refractivity contribution is 6.32. The Hall–Kier alpha value is -2.53. The van der Waals surface area contributed by atoms with Crippen LogP contribution in [-0.4, -0.2) is 16.9 Å². The molecule has 2 amide bonds. The minimum Gasteiger partial charge on any atom is -0.506 e. The second-order valence-corrected chi connectivity index (χ2v) is 5.87. The second kappa shape index (κ2) is 6.30. The predicted molar refractivity (Wildman–Crippen MR) is 88.9 cm³/mol. The number of nitrogens with one attached hydrogen (secondary N) is 2. The summed E-state index contributed by atoms with van der Waals surface area (Å²) < 4.78 is 0. The van der Waals surface area contributed by atoms with Gasteiger partial charge in [0.1, 0.15) is 5.75 Å². The maximum Gasteiger partial charge on any atom is 0.255 e. The van der Waals surface area contributed by atoms with Crippen LogP contribution < -0.4 is 10.6 Å². The van der Waals surface area contributed by atoms with Crippen molar-refractivity contribution < 1.29 is 14.7 Å². The van der Waals surface area contributed by atoms with Gasteiger partial charge in [-0.25, -0.2) is 0 Å². The summed E-state index contributed by atoms with van der Waals surface area (Å²) in [6, 6.07) is 11.1. The van der Waals surface area contributed by atoms with E-state index in [9.17, 15) is 14.7 Å². The standard InChI is InChI=1S/C17H15ClN2O3/c18-14-9-11(3-8-15(14)21)17(23)20-13-6-4-12(5-7-13)19-16(22)10-1-2-10/h3-10,21H,1-2H2,(H,19,22)(H,20,23). The Bertz CT molecular complexity index is 755. The third kappa shape index (κ3) is 3.81. The van der Waals surface area contributed by atoms with Crippen molar-refractivity contribution in [2.75, 3.05) is 10.6 Å². The van der Waals surface area contributed by atoms with Gasteiger partial charge in [-0.1, -0.05) is 11.6 Å². The fraction of sp³-hybridized carbons (Fsp3) is 0.176. The molecule has 5 nitrogen and oxygen atoms in total. The zero-order valence-corrected chi connectivity index (χ0v) is 12.9. The first-order valence-electron chi connectivity index (χ1n) is 7.24. The Kier molecular flexibility index (Phi) is 4.21. The summed E-state index contributed by atoms with van der Waals surface area (Å²) in [5.41, 5.74) is 1.65. The van der Waals surface area contributed by atoms with Crippen LogP contribution in [0.5, 0.6) is 5.75 Å². The Morgan fingerprint density at radius 3 is 2.17 bits per heavy atom. The zero-order valence-electron chi connectivity index (χ0n) is 12.2. The molecule has 1 fully saturated rings. The minimum absolute atomic E-state index is 0.0421.